The molecule has 4 nitrogen and oxygen atoms in total. The third-order valence-electron chi connectivity index (χ3n) is 4.35. The number of allylic oxidation sites excluding steroid dienone is 2. The standard InChI is InChI=1S/C18H26N2O2/c1-15(2)7-9-18(14-21)8-5-11-20(13-18)17(22)12-16-6-3-4-10-19-16/h3-4,6-7,10,21H,5,8-9,11-14H2,1-2H3. The first kappa shape index (κ1) is 16.7. The molecular weight excluding hydrogens is 276 g/mol. The number of pyridine rings is 1. The third-order valence-corrected chi connectivity index (χ3v) is 4.35. The van der Waals surface area contributed by atoms with E-state index in [0.717, 1.165) is 31.5 Å². The van der Waals surface area contributed by atoms with Crippen molar-refractivity contribution in [2.75, 3.05) is 19.7 Å². The Morgan fingerprint density at radius 2 is 2.27 bits per heavy atom. The summed E-state index contributed by atoms with van der Waals surface area (Å²) in [6.45, 7) is 5.68. The van der Waals surface area contributed by atoms with Crippen LogP contribution in [0.2, 0.25) is 0 Å². The number of piperidine rings is 1. The molecule has 4 heteroatoms. The monoisotopic (exact) mass is 302 g/mol. The van der Waals surface area contributed by atoms with E-state index in [2.05, 4.69) is 24.9 Å². The van der Waals surface area contributed by atoms with Gasteiger partial charge in [0.05, 0.1) is 13.0 Å². The summed E-state index contributed by atoms with van der Waals surface area (Å²) in [7, 11) is 0. The van der Waals surface area contributed by atoms with E-state index in [4.69, 9.17) is 0 Å². The molecule has 1 aliphatic heterocycles. The van der Waals surface area contributed by atoms with Gasteiger partial charge in [-0.15, -0.1) is 0 Å². The van der Waals surface area contributed by atoms with Crippen molar-refractivity contribution < 1.29 is 9.90 Å². The number of nitrogens with zero attached hydrogens (tertiary/aromatic N) is 2. The van der Waals surface area contributed by atoms with Crippen LogP contribution in [0, 0.1) is 5.41 Å². The van der Waals surface area contributed by atoms with E-state index in [1.165, 1.54) is 5.57 Å². The first-order valence-electron chi connectivity index (χ1n) is 7.97. The summed E-state index contributed by atoms with van der Waals surface area (Å²) < 4.78 is 0. The van der Waals surface area contributed by atoms with Crippen molar-refractivity contribution in [3.63, 3.8) is 0 Å². The number of amides is 1. The van der Waals surface area contributed by atoms with Crippen LogP contribution in [0.15, 0.2) is 36.0 Å². The topological polar surface area (TPSA) is 53.4 Å². The van der Waals surface area contributed by atoms with Crippen LogP contribution >= 0.6 is 0 Å². The number of hydrogen-bond donors (Lipinski definition) is 1. The molecule has 2 rings (SSSR count). The molecule has 2 heterocycles. The number of rotatable bonds is 5. The molecule has 1 aromatic heterocycles. The highest BCUT2D eigenvalue weighted by atomic mass is 16.3. The predicted octanol–water partition coefficient (Wildman–Crippen LogP) is 2.58. The quantitative estimate of drug-likeness (QED) is 0.851. The number of likely N-dealkylation sites (tertiary alicyclic amines) is 1. The molecular formula is C18H26N2O2. The van der Waals surface area contributed by atoms with Gasteiger partial charge in [0.25, 0.3) is 0 Å². The summed E-state index contributed by atoms with van der Waals surface area (Å²) in [6.07, 6.45) is 6.98. The maximum Gasteiger partial charge on any atom is 0.228 e. The minimum atomic E-state index is -0.185. The minimum absolute atomic E-state index is 0.105. The number of hydrogen-bond acceptors (Lipinski definition) is 3. The zero-order valence-corrected chi connectivity index (χ0v) is 13.6. The first-order chi connectivity index (χ1) is 10.5. The molecule has 0 aliphatic carbocycles. The minimum Gasteiger partial charge on any atom is -0.396 e. The van der Waals surface area contributed by atoms with Crippen molar-refractivity contribution in [2.45, 2.75) is 39.5 Å². The molecule has 0 aromatic carbocycles. The Labute approximate surface area is 132 Å². The van der Waals surface area contributed by atoms with Crippen LogP contribution in [0.1, 0.15) is 38.8 Å². The molecule has 0 saturated carbocycles. The Morgan fingerprint density at radius 1 is 1.45 bits per heavy atom. The van der Waals surface area contributed by atoms with Crippen molar-refractivity contribution in [3.8, 4) is 0 Å². The van der Waals surface area contributed by atoms with Crippen LogP contribution < -0.4 is 0 Å². The van der Waals surface area contributed by atoms with Gasteiger partial charge in [0.15, 0.2) is 0 Å². The van der Waals surface area contributed by atoms with Gasteiger partial charge in [0.1, 0.15) is 0 Å². The Morgan fingerprint density at radius 3 is 2.91 bits per heavy atom. The normalized spacial score (nSPS) is 21.5. The van der Waals surface area contributed by atoms with E-state index in [1.54, 1.807) is 6.20 Å². The van der Waals surface area contributed by atoms with Gasteiger partial charge in [-0.1, -0.05) is 17.7 Å². The van der Waals surface area contributed by atoms with Gasteiger partial charge in [0.2, 0.25) is 5.91 Å². The lowest BCUT2D eigenvalue weighted by Crippen LogP contribution is -2.48. The van der Waals surface area contributed by atoms with Gasteiger partial charge in [-0.3, -0.25) is 9.78 Å². The zero-order chi connectivity index (χ0) is 16.0. The summed E-state index contributed by atoms with van der Waals surface area (Å²) in [5, 5.41) is 9.86. The first-order valence-corrected chi connectivity index (χ1v) is 7.97. The van der Waals surface area contributed by atoms with Crippen molar-refractivity contribution in [1.82, 2.24) is 9.88 Å². The summed E-state index contributed by atoms with van der Waals surface area (Å²) in [4.78, 5) is 18.6. The molecule has 120 valence electrons. The lowest BCUT2D eigenvalue weighted by molar-refractivity contribution is -0.134. The van der Waals surface area contributed by atoms with E-state index >= 15 is 0 Å². The molecule has 1 aromatic rings. The number of aliphatic hydroxyl groups excluding tert-OH is 1. The molecule has 0 radical (unpaired) electrons. The fourth-order valence-electron chi connectivity index (χ4n) is 2.97. The van der Waals surface area contributed by atoms with Gasteiger partial charge >= 0.3 is 0 Å². The highest BCUT2D eigenvalue weighted by Gasteiger charge is 2.35. The Hall–Kier alpha value is -1.68. The average Bonchev–Trinajstić information content (AvgIpc) is 2.54. The van der Waals surface area contributed by atoms with Gasteiger partial charge in [-0.05, 0) is 45.2 Å². The molecule has 1 atom stereocenters. The zero-order valence-electron chi connectivity index (χ0n) is 13.6. The molecule has 0 bridgehead atoms. The second-order valence-electron chi connectivity index (χ2n) is 6.56. The van der Waals surface area contributed by atoms with Gasteiger partial charge in [0, 0.05) is 30.4 Å². The fourth-order valence-corrected chi connectivity index (χ4v) is 2.97. The van der Waals surface area contributed by atoms with Crippen LogP contribution in [-0.2, 0) is 11.2 Å². The Bertz CT molecular complexity index is 523. The number of carbonyl (C=O) groups excluding carboxylic acids is 1. The van der Waals surface area contributed by atoms with Crippen molar-refractivity contribution >= 4 is 5.91 Å². The summed E-state index contributed by atoms with van der Waals surface area (Å²) >= 11 is 0. The molecule has 1 N–H and O–H groups in total. The van der Waals surface area contributed by atoms with Crippen molar-refractivity contribution in [3.05, 3.63) is 41.7 Å². The highest BCUT2D eigenvalue weighted by molar-refractivity contribution is 5.78. The van der Waals surface area contributed by atoms with E-state index < -0.39 is 0 Å². The van der Waals surface area contributed by atoms with Crippen LogP contribution in [0.3, 0.4) is 0 Å². The summed E-state index contributed by atoms with van der Waals surface area (Å²) in [5.41, 5.74) is 1.87. The van der Waals surface area contributed by atoms with Gasteiger partial charge in [-0.25, -0.2) is 0 Å². The second kappa shape index (κ2) is 7.54. The SMILES string of the molecule is CC(C)=CCC1(CO)CCCN(C(=O)Cc2ccccn2)C1. The molecule has 1 saturated heterocycles. The Balaban J connectivity index is 2.02. The van der Waals surface area contributed by atoms with E-state index in [0.29, 0.717) is 13.0 Å². The maximum absolute atomic E-state index is 12.5. The molecule has 1 amide bonds. The maximum atomic E-state index is 12.5. The smallest absolute Gasteiger partial charge is 0.228 e. The molecule has 22 heavy (non-hydrogen) atoms. The predicted molar refractivity (Wildman–Crippen MR) is 87.3 cm³/mol. The number of aliphatic hydroxyl groups is 1. The van der Waals surface area contributed by atoms with Gasteiger partial charge in [-0.2, -0.15) is 0 Å². The lowest BCUT2D eigenvalue weighted by Gasteiger charge is -2.41. The van der Waals surface area contributed by atoms with Gasteiger partial charge < -0.3 is 10.0 Å². The lowest BCUT2D eigenvalue weighted by atomic mass is 9.77. The van der Waals surface area contributed by atoms with Crippen LogP contribution in [0.25, 0.3) is 0 Å². The number of aromatic nitrogens is 1. The van der Waals surface area contributed by atoms with E-state index in [-0.39, 0.29) is 17.9 Å². The highest BCUT2D eigenvalue weighted by Crippen LogP contribution is 2.34. The fraction of sp³-hybridized carbons (Fsp3) is 0.556. The largest absolute Gasteiger partial charge is 0.396 e. The summed E-state index contributed by atoms with van der Waals surface area (Å²) in [5.74, 6) is 0.105. The van der Waals surface area contributed by atoms with Crippen LogP contribution in [-0.4, -0.2) is 40.6 Å². The van der Waals surface area contributed by atoms with Crippen LogP contribution in [0.4, 0.5) is 0 Å². The molecule has 1 unspecified atom stereocenters. The molecule has 1 fully saturated rings. The second-order valence-corrected chi connectivity index (χ2v) is 6.56. The number of carbonyl (C=O) groups is 1. The average molecular weight is 302 g/mol. The Kier molecular flexibility index (Phi) is 5.72. The van der Waals surface area contributed by atoms with Crippen LogP contribution in [0.5, 0.6) is 0 Å². The van der Waals surface area contributed by atoms with E-state index in [1.807, 2.05) is 23.1 Å². The third kappa shape index (κ3) is 4.41. The molecule has 1 aliphatic rings. The van der Waals surface area contributed by atoms with E-state index in [9.17, 15) is 9.90 Å². The van der Waals surface area contributed by atoms with Crippen molar-refractivity contribution in [1.29, 1.82) is 0 Å². The molecule has 0 spiro atoms. The summed E-state index contributed by atoms with van der Waals surface area (Å²) in [6, 6.07) is 5.63. The van der Waals surface area contributed by atoms with Crippen molar-refractivity contribution in [2.24, 2.45) is 5.41 Å².